The van der Waals surface area contributed by atoms with Crippen molar-refractivity contribution in [3.05, 3.63) is 0 Å². The fourth-order valence-electron chi connectivity index (χ4n) is 1.77. The van der Waals surface area contributed by atoms with Crippen LogP contribution in [0, 0.1) is 0 Å². The summed E-state index contributed by atoms with van der Waals surface area (Å²) >= 11 is 4.52. The number of hydrogen-bond donors (Lipinski definition) is 0. The minimum absolute atomic E-state index is 0.739. The van der Waals surface area contributed by atoms with E-state index in [-0.39, 0.29) is 0 Å². The summed E-state index contributed by atoms with van der Waals surface area (Å²) in [7, 11) is 0. The lowest BCUT2D eigenvalue weighted by Crippen LogP contribution is -2.33. The minimum atomic E-state index is 0.739. The molecule has 0 unspecified atom stereocenters. The second kappa shape index (κ2) is 6.42. The minimum Gasteiger partial charge on any atom is -0.299 e. The quantitative estimate of drug-likeness (QED) is 0.292. The molecule has 0 atom stereocenters. The third-order valence-corrected chi connectivity index (χ3v) is 4.46. The van der Waals surface area contributed by atoms with Gasteiger partial charge >= 0.3 is 0 Å². The van der Waals surface area contributed by atoms with Crippen LogP contribution in [0.5, 0.6) is 0 Å². The zero-order chi connectivity index (χ0) is 9.68. The number of hydrogen-bond acceptors (Lipinski definition) is 1. The molecule has 1 saturated carbocycles. The van der Waals surface area contributed by atoms with Crippen molar-refractivity contribution in [2.75, 3.05) is 0 Å². The fourth-order valence-corrected chi connectivity index (χ4v) is 3.76. The average molecular weight is 406 g/mol. The zero-order valence-corrected chi connectivity index (χ0v) is 12.3. The van der Waals surface area contributed by atoms with E-state index >= 15 is 0 Å². The Hall–Kier alpha value is 0.930. The maximum atomic E-state index is 4.29. The van der Waals surface area contributed by atoms with Gasteiger partial charge in [-0.15, -0.1) is 0 Å². The van der Waals surface area contributed by atoms with E-state index in [9.17, 15) is 0 Å². The molecule has 0 saturated heterocycles. The summed E-state index contributed by atoms with van der Waals surface area (Å²) < 4.78 is 6.64. The normalized spacial score (nSPS) is 20.4. The predicted octanol–water partition coefficient (Wildman–Crippen LogP) is 4.13. The first kappa shape index (κ1) is 12.0. The SMILES string of the molecule is CC/C(=N/I)N(I)C1CCCCC1. The van der Waals surface area contributed by atoms with Gasteiger partial charge in [0.15, 0.2) is 0 Å². The number of rotatable bonds is 2. The Balaban J connectivity index is 2.49. The molecule has 0 radical (unpaired) electrons. The van der Waals surface area contributed by atoms with Gasteiger partial charge in [-0.05, 0) is 12.8 Å². The molecule has 0 N–H and O–H groups in total. The molecule has 2 nitrogen and oxygen atoms in total. The van der Waals surface area contributed by atoms with Crippen LogP contribution in [0.3, 0.4) is 0 Å². The number of nitrogens with zero attached hydrogens (tertiary/aromatic N) is 2. The molecule has 4 heteroatoms. The van der Waals surface area contributed by atoms with Gasteiger partial charge in [0.1, 0.15) is 5.84 Å². The standard InChI is InChI=1S/C9H16I2N2/c1-2-9(12-10)13(11)8-6-4-3-5-7-8/h8H,2-7H2,1H3/b12-9-. The Kier molecular flexibility index (Phi) is 5.93. The molecule has 1 rings (SSSR count). The second-order valence-corrected chi connectivity index (χ2v) is 4.98. The van der Waals surface area contributed by atoms with Gasteiger partial charge in [-0.1, -0.05) is 26.2 Å². The van der Waals surface area contributed by atoms with Crippen molar-refractivity contribution in [3.8, 4) is 0 Å². The van der Waals surface area contributed by atoms with Gasteiger partial charge in [-0.3, -0.25) is 3.11 Å². The molecule has 1 fully saturated rings. The van der Waals surface area contributed by atoms with E-state index in [0.717, 1.165) is 12.5 Å². The molecule has 0 bridgehead atoms. The molecule has 1 aliphatic rings. The second-order valence-electron chi connectivity index (χ2n) is 3.46. The van der Waals surface area contributed by atoms with Crippen LogP contribution in [0.25, 0.3) is 0 Å². The summed E-state index contributed by atoms with van der Waals surface area (Å²) in [6.07, 6.45) is 7.94. The molecule has 0 aromatic carbocycles. The van der Waals surface area contributed by atoms with Crippen LogP contribution in [0.1, 0.15) is 45.4 Å². The van der Waals surface area contributed by atoms with Crippen molar-refractivity contribution in [2.45, 2.75) is 51.5 Å². The van der Waals surface area contributed by atoms with E-state index in [1.54, 1.807) is 0 Å². The van der Waals surface area contributed by atoms with Crippen LogP contribution in [-0.2, 0) is 0 Å². The summed E-state index contributed by atoms with van der Waals surface area (Å²) in [4.78, 5) is 0. The third kappa shape index (κ3) is 3.53. The smallest absolute Gasteiger partial charge is 0.119 e. The van der Waals surface area contributed by atoms with Gasteiger partial charge in [0.05, 0.1) is 45.7 Å². The molecule has 13 heavy (non-hydrogen) atoms. The number of amidine groups is 1. The summed E-state index contributed by atoms with van der Waals surface area (Å²) in [5, 5.41) is 0. The molecule has 0 spiro atoms. The van der Waals surface area contributed by atoms with Crippen LogP contribution in [0.2, 0.25) is 0 Å². The van der Waals surface area contributed by atoms with Gasteiger partial charge in [-0.25, -0.2) is 3.21 Å². The van der Waals surface area contributed by atoms with Crippen molar-refractivity contribution in [3.63, 3.8) is 0 Å². The van der Waals surface area contributed by atoms with Crippen LogP contribution >= 0.6 is 45.7 Å². The molecular formula is C9H16I2N2. The van der Waals surface area contributed by atoms with E-state index < -0.39 is 0 Å². The first-order chi connectivity index (χ1) is 6.29. The van der Waals surface area contributed by atoms with Gasteiger partial charge in [-0.2, -0.15) is 0 Å². The van der Waals surface area contributed by atoms with Crippen molar-refractivity contribution in [2.24, 2.45) is 3.21 Å². The summed E-state index contributed by atoms with van der Waals surface area (Å²) in [5.41, 5.74) is 0. The first-order valence-electron chi connectivity index (χ1n) is 4.92. The maximum Gasteiger partial charge on any atom is 0.119 e. The molecular weight excluding hydrogens is 390 g/mol. The van der Waals surface area contributed by atoms with E-state index in [1.165, 1.54) is 37.9 Å². The first-order valence-corrected chi connectivity index (χ1v) is 6.85. The summed E-state index contributed by atoms with van der Waals surface area (Å²) in [6.45, 7) is 2.17. The van der Waals surface area contributed by atoms with Crippen molar-refractivity contribution >= 4 is 51.6 Å². The summed E-state index contributed by atoms with van der Waals surface area (Å²) in [6, 6.07) is 0.739. The molecule has 1 aliphatic carbocycles. The van der Waals surface area contributed by atoms with Crippen molar-refractivity contribution < 1.29 is 0 Å². The van der Waals surface area contributed by atoms with Gasteiger partial charge in [0.2, 0.25) is 0 Å². The largest absolute Gasteiger partial charge is 0.299 e. The number of halogens is 2. The molecule has 0 aromatic rings. The molecule has 0 heterocycles. The Labute approximate surface area is 109 Å². The van der Waals surface area contributed by atoms with Crippen LogP contribution < -0.4 is 0 Å². The Morgan fingerprint density at radius 1 is 1.38 bits per heavy atom. The van der Waals surface area contributed by atoms with E-state index in [4.69, 9.17) is 0 Å². The fraction of sp³-hybridized carbons (Fsp3) is 0.889. The Morgan fingerprint density at radius 2 is 2.00 bits per heavy atom. The highest BCUT2D eigenvalue weighted by Crippen LogP contribution is 2.26. The predicted molar refractivity (Wildman–Crippen MR) is 74.5 cm³/mol. The van der Waals surface area contributed by atoms with Crippen LogP contribution in [-0.4, -0.2) is 15.0 Å². The average Bonchev–Trinajstić information content (AvgIpc) is 2.21. The van der Waals surface area contributed by atoms with Crippen LogP contribution in [0.4, 0.5) is 0 Å². The molecule has 0 aromatic heterocycles. The topological polar surface area (TPSA) is 15.6 Å². The summed E-state index contributed by atoms with van der Waals surface area (Å²) in [5.74, 6) is 1.23. The van der Waals surface area contributed by atoms with Gasteiger partial charge in [0.25, 0.3) is 0 Å². The lowest BCUT2D eigenvalue weighted by Gasteiger charge is -2.30. The van der Waals surface area contributed by atoms with E-state index in [2.05, 4.69) is 59.0 Å². The lowest BCUT2D eigenvalue weighted by atomic mass is 9.95. The third-order valence-electron chi connectivity index (χ3n) is 2.56. The maximum absolute atomic E-state index is 4.29. The zero-order valence-electron chi connectivity index (χ0n) is 7.97. The van der Waals surface area contributed by atoms with E-state index in [1.807, 2.05) is 0 Å². The Morgan fingerprint density at radius 3 is 2.46 bits per heavy atom. The lowest BCUT2D eigenvalue weighted by molar-refractivity contribution is 0.355. The molecule has 76 valence electrons. The highest BCUT2D eigenvalue weighted by molar-refractivity contribution is 14.1. The highest BCUT2D eigenvalue weighted by atomic mass is 127. The van der Waals surface area contributed by atoms with Gasteiger partial charge in [0, 0.05) is 12.5 Å². The van der Waals surface area contributed by atoms with Crippen molar-refractivity contribution in [1.29, 1.82) is 0 Å². The molecule has 0 amide bonds. The monoisotopic (exact) mass is 406 g/mol. The highest BCUT2D eigenvalue weighted by Gasteiger charge is 2.20. The Bertz CT molecular complexity index is 176. The van der Waals surface area contributed by atoms with Crippen LogP contribution in [0.15, 0.2) is 3.21 Å². The van der Waals surface area contributed by atoms with E-state index in [0.29, 0.717) is 0 Å². The van der Waals surface area contributed by atoms with Crippen molar-refractivity contribution in [1.82, 2.24) is 3.11 Å². The van der Waals surface area contributed by atoms with Gasteiger partial charge < -0.3 is 0 Å². The molecule has 0 aliphatic heterocycles.